The smallest absolute Gasteiger partial charge is 0.295 e. The van der Waals surface area contributed by atoms with Gasteiger partial charge in [0.25, 0.3) is 0 Å². The van der Waals surface area contributed by atoms with Crippen LogP contribution in [-0.4, -0.2) is 10.4 Å². The molecular weight excluding hydrogens is 272 g/mol. The molecule has 0 aliphatic heterocycles. The Hall–Kier alpha value is -1.82. The van der Waals surface area contributed by atoms with Crippen LogP contribution in [0.4, 0.5) is 8.78 Å². The number of ketones is 1. The molecule has 0 aliphatic rings. The summed E-state index contributed by atoms with van der Waals surface area (Å²) in [7, 11) is 0. The van der Waals surface area contributed by atoms with Crippen LogP contribution in [0, 0.1) is 25.5 Å². The Morgan fingerprint density at radius 3 is 2.58 bits per heavy atom. The van der Waals surface area contributed by atoms with Gasteiger partial charge in [-0.2, -0.15) is 0 Å². The topological polar surface area (TPSA) is 39.1 Å². The van der Waals surface area contributed by atoms with Gasteiger partial charge in [-0.15, -0.1) is 0 Å². The summed E-state index contributed by atoms with van der Waals surface area (Å²) in [6.45, 7) is 3.20. The van der Waals surface area contributed by atoms with Gasteiger partial charge < -0.3 is 0 Å². The maximum Gasteiger partial charge on any atom is 0.307 e. The predicted molar refractivity (Wildman–Crippen MR) is 68.7 cm³/mol. The molecule has 0 aliphatic carbocycles. The highest BCUT2D eigenvalue weighted by molar-refractivity contribution is 7.09. The number of aromatic nitrogens is 1. The highest BCUT2D eigenvalue weighted by Gasteiger charge is 2.16. The SMILES string of the molecule is Cc1sc(=O)n(CC(=O)c2cc(F)ccc2F)c1C. The van der Waals surface area contributed by atoms with E-state index in [0.29, 0.717) is 5.69 Å². The Kier molecular flexibility index (Phi) is 3.61. The summed E-state index contributed by atoms with van der Waals surface area (Å²) in [5, 5.41) is 0. The number of hydrogen-bond acceptors (Lipinski definition) is 3. The fourth-order valence-corrected chi connectivity index (χ4v) is 2.54. The molecule has 0 saturated heterocycles. The number of hydrogen-bond donors (Lipinski definition) is 0. The van der Waals surface area contributed by atoms with Crippen molar-refractivity contribution in [2.75, 3.05) is 0 Å². The number of Topliss-reactive ketones (excluding diaryl/α,β-unsaturated/α-hetero) is 1. The lowest BCUT2D eigenvalue weighted by Crippen LogP contribution is -2.21. The molecule has 100 valence electrons. The third kappa shape index (κ3) is 2.63. The van der Waals surface area contributed by atoms with Gasteiger partial charge in [0.1, 0.15) is 11.6 Å². The maximum atomic E-state index is 13.5. The van der Waals surface area contributed by atoms with E-state index < -0.39 is 17.4 Å². The van der Waals surface area contributed by atoms with Crippen LogP contribution in [0.15, 0.2) is 23.0 Å². The zero-order valence-corrected chi connectivity index (χ0v) is 11.2. The Morgan fingerprint density at radius 2 is 2.00 bits per heavy atom. The van der Waals surface area contributed by atoms with Crippen molar-refractivity contribution in [1.29, 1.82) is 0 Å². The zero-order valence-electron chi connectivity index (χ0n) is 10.4. The minimum atomic E-state index is -0.788. The first-order valence-electron chi connectivity index (χ1n) is 5.55. The third-order valence-corrected chi connectivity index (χ3v) is 3.90. The molecule has 0 unspecified atom stereocenters. The number of aryl methyl sites for hydroxylation is 1. The van der Waals surface area contributed by atoms with Gasteiger partial charge in [0.15, 0.2) is 5.78 Å². The van der Waals surface area contributed by atoms with Crippen molar-refractivity contribution in [3.63, 3.8) is 0 Å². The average Bonchev–Trinajstić information content (AvgIpc) is 2.59. The molecule has 0 spiro atoms. The summed E-state index contributed by atoms with van der Waals surface area (Å²) >= 11 is 1.03. The molecule has 1 aromatic carbocycles. The summed E-state index contributed by atoms with van der Waals surface area (Å²) < 4.78 is 27.8. The molecule has 0 fully saturated rings. The summed E-state index contributed by atoms with van der Waals surface area (Å²) in [4.78, 5) is 24.1. The van der Waals surface area contributed by atoms with Crippen LogP contribution >= 0.6 is 11.3 Å². The number of nitrogens with zero attached hydrogens (tertiary/aromatic N) is 1. The van der Waals surface area contributed by atoms with Crippen molar-refractivity contribution in [2.45, 2.75) is 20.4 Å². The van der Waals surface area contributed by atoms with E-state index in [1.54, 1.807) is 13.8 Å². The largest absolute Gasteiger partial charge is 0.307 e. The molecule has 0 radical (unpaired) electrons. The van der Waals surface area contributed by atoms with Crippen molar-refractivity contribution in [3.8, 4) is 0 Å². The summed E-state index contributed by atoms with van der Waals surface area (Å²) in [6, 6.07) is 2.69. The van der Waals surface area contributed by atoms with Crippen molar-refractivity contribution in [2.24, 2.45) is 0 Å². The van der Waals surface area contributed by atoms with E-state index in [2.05, 4.69) is 0 Å². The minimum absolute atomic E-state index is 0.278. The van der Waals surface area contributed by atoms with Crippen molar-refractivity contribution >= 4 is 17.1 Å². The fraction of sp³-hybridized carbons (Fsp3) is 0.231. The van der Waals surface area contributed by atoms with E-state index in [1.165, 1.54) is 4.57 Å². The average molecular weight is 283 g/mol. The van der Waals surface area contributed by atoms with Gasteiger partial charge in [0, 0.05) is 10.6 Å². The molecule has 1 aromatic heterocycles. The number of benzene rings is 1. The Bertz CT molecular complexity index is 703. The van der Waals surface area contributed by atoms with Crippen LogP contribution in [0.3, 0.4) is 0 Å². The maximum absolute atomic E-state index is 13.5. The van der Waals surface area contributed by atoms with Crippen LogP contribution < -0.4 is 4.87 Å². The van der Waals surface area contributed by atoms with Crippen LogP contribution in [0.1, 0.15) is 20.9 Å². The van der Waals surface area contributed by atoms with E-state index in [0.717, 1.165) is 34.4 Å². The number of halogens is 2. The molecule has 0 atom stereocenters. The van der Waals surface area contributed by atoms with Crippen LogP contribution in [0.5, 0.6) is 0 Å². The molecule has 0 bridgehead atoms. The van der Waals surface area contributed by atoms with E-state index >= 15 is 0 Å². The molecule has 0 saturated carbocycles. The number of rotatable bonds is 3. The molecule has 0 N–H and O–H groups in total. The van der Waals surface area contributed by atoms with Gasteiger partial charge in [-0.25, -0.2) is 8.78 Å². The molecule has 2 aromatic rings. The van der Waals surface area contributed by atoms with Gasteiger partial charge in [-0.1, -0.05) is 11.3 Å². The van der Waals surface area contributed by atoms with Crippen molar-refractivity contribution in [1.82, 2.24) is 4.57 Å². The van der Waals surface area contributed by atoms with Crippen molar-refractivity contribution < 1.29 is 13.6 Å². The Morgan fingerprint density at radius 1 is 1.32 bits per heavy atom. The predicted octanol–water partition coefficient (Wildman–Crippen LogP) is 2.69. The summed E-state index contributed by atoms with van der Waals surface area (Å²) in [5.41, 5.74) is 0.329. The second-order valence-electron chi connectivity index (χ2n) is 4.14. The molecule has 2 rings (SSSR count). The standard InChI is InChI=1S/C13H11F2NO2S/c1-7-8(2)19-13(18)16(7)6-12(17)10-5-9(14)3-4-11(10)15/h3-5H,6H2,1-2H3. The highest BCUT2D eigenvalue weighted by Crippen LogP contribution is 2.14. The number of thiazole rings is 1. The molecule has 6 heteroatoms. The summed E-state index contributed by atoms with van der Waals surface area (Å²) in [6.07, 6.45) is 0. The van der Waals surface area contributed by atoms with E-state index in [4.69, 9.17) is 0 Å². The molecule has 1 heterocycles. The van der Waals surface area contributed by atoms with Gasteiger partial charge in [0.05, 0.1) is 12.1 Å². The van der Waals surface area contributed by atoms with Gasteiger partial charge in [0.2, 0.25) is 0 Å². The van der Waals surface area contributed by atoms with E-state index in [9.17, 15) is 18.4 Å². The molecule has 3 nitrogen and oxygen atoms in total. The normalized spacial score (nSPS) is 10.7. The first-order valence-corrected chi connectivity index (χ1v) is 6.37. The first-order chi connectivity index (χ1) is 8.90. The summed E-state index contributed by atoms with van der Waals surface area (Å²) in [5.74, 6) is -2.10. The quantitative estimate of drug-likeness (QED) is 0.812. The highest BCUT2D eigenvalue weighted by atomic mass is 32.1. The first kappa shape index (κ1) is 13.6. The Balaban J connectivity index is 2.36. The monoisotopic (exact) mass is 283 g/mol. The minimum Gasteiger partial charge on any atom is -0.295 e. The Labute approximate surface area is 112 Å². The van der Waals surface area contributed by atoms with Gasteiger partial charge in [-0.05, 0) is 32.0 Å². The number of carbonyl (C=O) groups excluding carboxylic acids is 1. The van der Waals surface area contributed by atoms with Gasteiger partial charge >= 0.3 is 4.87 Å². The second-order valence-corrected chi connectivity index (χ2v) is 5.31. The lowest BCUT2D eigenvalue weighted by Gasteiger charge is -2.05. The fourth-order valence-electron chi connectivity index (χ4n) is 1.71. The van der Waals surface area contributed by atoms with Crippen LogP contribution in [0.25, 0.3) is 0 Å². The second kappa shape index (κ2) is 5.05. The number of carbonyl (C=O) groups is 1. The lowest BCUT2D eigenvalue weighted by molar-refractivity contribution is 0.0966. The van der Waals surface area contributed by atoms with Gasteiger partial charge in [-0.3, -0.25) is 14.2 Å². The molecule has 19 heavy (non-hydrogen) atoms. The lowest BCUT2D eigenvalue weighted by atomic mass is 10.1. The van der Waals surface area contributed by atoms with Crippen LogP contribution in [-0.2, 0) is 6.54 Å². The van der Waals surface area contributed by atoms with E-state index in [-0.39, 0.29) is 17.0 Å². The van der Waals surface area contributed by atoms with Crippen molar-refractivity contribution in [3.05, 3.63) is 55.6 Å². The molecule has 0 amide bonds. The third-order valence-electron chi connectivity index (χ3n) is 2.91. The van der Waals surface area contributed by atoms with Crippen LogP contribution in [0.2, 0.25) is 0 Å². The zero-order chi connectivity index (χ0) is 14.2. The molecular formula is C13H11F2NO2S. The van der Waals surface area contributed by atoms with E-state index in [1.807, 2.05) is 0 Å².